The van der Waals surface area contributed by atoms with Gasteiger partial charge < -0.3 is 0 Å². The second-order valence-corrected chi connectivity index (χ2v) is 4.84. The molecule has 0 aliphatic carbocycles. The number of hydrogen-bond donors (Lipinski definition) is 1. The highest BCUT2D eigenvalue weighted by Crippen LogP contribution is 2.11. The first kappa shape index (κ1) is 12.4. The van der Waals surface area contributed by atoms with Crippen LogP contribution in [0.25, 0.3) is 17.1 Å². The van der Waals surface area contributed by atoms with E-state index < -0.39 is 0 Å². The van der Waals surface area contributed by atoms with Crippen LogP contribution in [0.5, 0.6) is 0 Å². The zero-order chi connectivity index (χ0) is 13.8. The molecule has 0 aliphatic rings. The summed E-state index contributed by atoms with van der Waals surface area (Å²) in [5, 5.41) is 5.04. The van der Waals surface area contributed by atoms with Crippen LogP contribution < -0.4 is 5.32 Å². The van der Waals surface area contributed by atoms with Crippen LogP contribution >= 0.6 is 11.3 Å². The van der Waals surface area contributed by atoms with Crippen molar-refractivity contribution < 1.29 is 4.79 Å². The third-order valence-corrected chi connectivity index (χ3v) is 3.22. The van der Waals surface area contributed by atoms with Crippen molar-refractivity contribution in [3.05, 3.63) is 53.8 Å². The summed E-state index contributed by atoms with van der Waals surface area (Å²) in [6.45, 7) is 0. The van der Waals surface area contributed by atoms with E-state index >= 15 is 0 Å². The summed E-state index contributed by atoms with van der Waals surface area (Å²) in [6.07, 6.45) is 6.32. The molecule has 0 unspecified atom stereocenters. The van der Waals surface area contributed by atoms with Crippen molar-refractivity contribution in [3.63, 3.8) is 0 Å². The van der Waals surface area contributed by atoms with E-state index in [2.05, 4.69) is 20.3 Å². The summed E-state index contributed by atoms with van der Waals surface area (Å²) >= 11 is 1.37. The van der Waals surface area contributed by atoms with E-state index in [-0.39, 0.29) is 5.91 Å². The average Bonchev–Trinajstić information content (AvgIpc) is 2.98. The van der Waals surface area contributed by atoms with Crippen LogP contribution in [-0.4, -0.2) is 20.9 Å². The zero-order valence-corrected chi connectivity index (χ0v) is 11.2. The van der Waals surface area contributed by atoms with Gasteiger partial charge in [-0.05, 0) is 18.2 Å². The summed E-state index contributed by atoms with van der Waals surface area (Å²) in [5.74, 6) is -0.241. The predicted octanol–water partition coefficient (Wildman–Crippen LogP) is 2.74. The van der Waals surface area contributed by atoms with E-state index in [1.807, 2.05) is 24.3 Å². The molecule has 0 spiro atoms. The van der Waals surface area contributed by atoms with Crippen LogP contribution in [0, 0.1) is 0 Å². The molecular weight excluding hydrogens is 272 g/mol. The van der Waals surface area contributed by atoms with Crippen molar-refractivity contribution >= 4 is 39.5 Å². The lowest BCUT2D eigenvalue weighted by Crippen LogP contribution is -2.07. The standard InChI is InChI=1S/C14H10N4OS/c19-13(18-14-15-7-8-20-14)6-5-10-9-16-11-3-1-2-4-12(11)17-10/h1-9H,(H,15,18,19)/b6-5+. The molecule has 0 bridgehead atoms. The number of amides is 1. The van der Waals surface area contributed by atoms with E-state index in [4.69, 9.17) is 0 Å². The molecule has 3 aromatic rings. The van der Waals surface area contributed by atoms with Gasteiger partial charge in [0.25, 0.3) is 0 Å². The average molecular weight is 282 g/mol. The van der Waals surface area contributed by atoms with Gasteiger partial charge in [0.15, 0.2) is 5.13 Å². The molecule has 98 valence electrons. The summed E-state index contributed by atoms with van der Waals surface area (Å²) in [4.78, 5) is 24.3. The number of nitrogens with zero attached hydrogens (tertiary/aromatic N) is 3. The van der Waals surface area contributed by atoms with Crippen LogP contribution in [0.2, 0.25) is 0 Å². The lowest BCUT2D eigenvalue weighted by molar-refractivity contribution is -0.111. The van der Waals surface area contributed by atoms with Gasteiger partial charge in [-0.2, -0.15) is 0 Å². The maximum atomic E-state index is 11.7. The highest BCUT2D eigenvalue weighted by Gasteiger charge is 2.00. The molecule has 0 radical (unpaired) electrons. The molecule has 0 saturated carbocycles. The van der Waals surface area contributed by atoms with Crippen LogP contribution in [-0.2, 0) is 4.79 Å². The van der Waals surface area contributed by atoms with Crippen molar-refractivity contribution in [1.82, 2.24) is 15.0 Å². The van der Waals surface area contributed by atoms with Crippen molar-refractivity contribution in [2.24, 2.45) is 0 Å². The van der Waals surface area contributed by atoms with Gasteiger partial charge in [0, 0.05) is 17.7 Å². The van der Waals surface area contributed by atoms with Gasteiger partial charge in [-0.25, -0.2) is 9.97 Å². The molecule has 20 heavy (non-hydrogen) atoms. The number of benzene rings is 1. The minimum absolute atomic E-state index is 0.241. The van der Waals surface area contributed by atoms with Crippen LogP contribution in [0.15, 0.2) is 48.1 Å². The van der Waals surface area contributed by atoms with E-state index in [0.717, 1.165) is 11.0 Å². The van der Waals surface area contributed by atoms with Crippen LogP contribution in [0.3, 0.4) is 0 Å². The Morgan fingerprint density at radius 2 is 2.05 bits per heavy atom. The number of fused-ring (bicyclic) bond motifs is 1. The number of rotatable bonds is 3. The fourth-order valence-corrected chi connectivity index (χ4v) is 2.18. The highest BCUT2D eigenvalue weighted by atomic mass is 32.1. The molecule has 0 aliphatic heterocycles. The maximum Gasteiger partial charge on any atom is 0.250 e. The molecule has 2 aromatic heterocycles. The first-order chi connectivity index (χ1) is 9.81. The topological polar surface area (TPSA) is 67.8 Å². The number of nitrogens with one attached hydrogen (secondary N) is 1. The quantitative estimate of drug-likeness (QED) is 0.750. The number of para-hydroxylation sites is 2. The minimum atomic E-state index is -0.241. The Kier molecular flexibility index (Phi) is 3.47. The molecule has 1 amide bonds. The predicted molar refractivity (Wildman–Crippen MR) is 79.3 cm³/mol. The zero-order valence-electron chi connectivity index (χ0n) is 10.4. The number of carbonyl (C=O) groups is 1. The van der Waals surface area contributed by atoms with E-state index in [1.165, 1.54) is 17.4 Å². The first-order valence-corrected chi connectivity index (χ1v) is 6.79. The third kappa shape index (κ3) is 2.86. The second kappa shape index (κ2) is 5.58. The molecule has 1 N–H and O–H groups in total. The molecule has 6 heteroatoms. The number of thiazole rings is 1. The van der Waals surface area contributed by atoms with Crippen molar-refractivity contribution in [2.75, 3.05) is 5.32 Å². The van der Waals surface area contributed by atoms with Crippen molar-refractivity contribution in [2.45, 2.75) is 0 Å². The fraction of sp³-hybridized carbons (Fsp3) is 0. The summed E-state index contributed by atoms with van der Waals surface area (Å²) in [5.41, 5.74) is 2.27. The Balaban J connectivity index is 1.75. The monoisotopic (exact) mass is 282 g/mol. The molecule has 3 rings (SSSR count). The van der Waals surface area contributed by atoms with Crippen molar-refractivity contribution in [1.29, 1.82) is 0 Å². The SMILES string of the molecule is O=C(/C=C/c1cnc2ccccc2n1)Nc1nccs1. The molecule has 0 atom stereocenters. The second-order valence-electron chi connectivity index (χ2n) is 3.94. The molecule has 1 aromatic carbocycles. The highest BCUT2D eigenvalue weighted by molar-refractivity contribution is 7.13. The Hall–Kier alpha value is -2.60. The lowest BCUT2D eigenvalue weighted by Gasteiger charge is -1.98. The molecule has 0 fully saturated rings. The largest absolute Gasteiger partial charge is 0.298 e. The minimum Gasteiger partial charge on any atom is -0.298 e. The maximum absolute atomic E-state index is 11.7. The molecule has 0 saturated heterocycles. The number of anilines is 1. The van der Waals surface area contributed by atoms with Crippen LogP contribution in [0.4, 0.5) is 5.13 Å². The van der Waals surface area contributed by atoms with E-state index in [1.54, 1.807) is 23.8 Å². The van der Waals surface area contributed by atoms with Gasteiger partial charge in [-0.15, -0.1) is 11.3 Å². The van der Waals surface area contributed by atoms with Gasteiger partial charge >= 0.3 is 0 Å². The summed E-state index contributed by atoms with van der Waals surface area (Å²) in [6, 6.07) is 7.59. The lowest BCUT2D eigenvalue weighted by atomic mass is 10.3. The van der Waals surface area contributed by atoms with Crippen molar-refractivity contribution in [3.8, 4) is 0 Å². The van der Waals surface area contributed by atoms with Crippen LogP contribution in [0.1, 0.15) is 5.69 Å². The van der Waals surface area contributed by atoms with Gasteiger partial charge in [0.1, 0.15) is 0 Å². The number of aromatic nitrogens is 3. The molecule has 5 nitrogen and oxygen atoms in total. The Morgan fingerprint density at radius 1 is 1.20 bits per heavy atom. The van der Waals surface area contributed by atoms with E-state index in [0.29, 0.717) is 10.8 Å². The first-order valence-electron chi connectivity index (χ1n) is 5.91. The smallest absolute Gasteiger partial charge is 0.250 e. The Morgan fingerprint density at radius 3 is 2.85 bits per heavy atom. The molecule has 2 heterocycles. The number of hydrogen-bond acceptors (Lipinski definition) is 5. The molecular formula is C14H10N4OS. The van der Waals surface area contributed by atoms with Gasteiger partial charge in [-0.3, -0.25) is 15.1 Å². The summed E-state index contributed by atoms with van der Waals surface area (Å²) in [7, 11) is 0. The van der Waals surface area contributed by atoms with Gasteiger partial charge in [0.05, 0.1) is 22.9 Å². The van der Waals surface area contributed by atoms with E-state index in [9.17, 15) is 4.79 Å². The normalized spacial score (nSPS) is 11.0. The Bertz CT molecular complexity index is 768. The third-order valence-electron chi connectivity index (χ3n) is 2.54. The Labute approximate surface area is 119 Å². The van der Waals surface area contributed by atoms with Gasteiger partial charge in [-0.1, -0.05) is 12.1 Å². The van der Waals surface area contributed by atoms with Gasteiger partial charge in [0.2, 0.25) is 5.91 Å². The fourth-order valence-electron chi connectivity index (χ4n) is 1.65. The summed E-state index contributed by atoms with van der Waals surface area (Å²) < 4.78 is 0. The number of carbonyl (C=O) groups excluding carboxylic acids is 1.